The van der Waals surface area contributed by atoms with Crippen LogP contribution in [0.3, 0.4) is 0 Å². The summed E-state index contributed by atoms with van der Waals surface area (Å²) in [5.74, 6) is -2.41. The van der Waals surface area contributed by atoms with Crippen molar-refractivity contribution >= 4 is 17.8 Å². The second kappa shape index (κ2) is 5.65. The van der Waals surface area contributed by atoms with E-state index in [1.807, 2.05) is 0 Å². The Labute approximate surface area is 155 Å². The van der Waals surface area contributed by atoms with Gasteiger partial charge in [-0.25, -0.2) is 9.59 Å². The summed E-state index contributed by atoms with van der Waals surface area (Å²) < 4.78 is 6.00. The molecule has 4 heterocycles. The molecule has 5 rings (SSSR count). The van der Waals surface area contributed by atoms with Gasteiger partial charge in [0.1, 0.15) is 0 Å². The number of carboxylic acids is 2. The monoisotopic (exact) mass is 374 g/mol. The minimum Gasteiger partial charge on any atom is -0.478 e. The van der Waals surface area contributed by atoms with Crippen LogP contribution in [0.5, 0.6) is 0 Å². The molecule has 1 unspecified atom stereocenters. The minimum atomic E-state index is -1.27. The molecule has 0 aromatic heterocycles. The predicted molar refractivity (Wildman–Crippen MR) is 91.7 cm³/mol. The Kier molecular flexibility index (Phi) is 3.55. The zero-order valence-electron chi connectivity index (χ0n) is 14.8. The number of carbonyl (C=O) groups excluding carboxylic acids is 1. The highest BCUT2D eigenvalue weighted by Gasteiger charge is 2.67. The van der Waals surface area contributed by atoms with E-state index < -0.39 is 23.4 Å². The first-order valence-electron chi connectivity index (χ1n) is 9.44. The number of piperidine rings is 2. The molecule has 1 amide bonds. The van der Waals surface area contributed by atoms with Crippen molar-refractivity contribution in [2.45, 2.75) is 37.5 Å². The van der Waals surface area contributed by atoms with Crippen LogP contribution in [0.15, 0.2) is 23.3 Å². The fraction of sp³-hybridized carbons (Fsp3) is 0.632. The van der Waals surface area contributed by atoms with Crippen molar-refractivity contribution in [3.8, 4) is 0 Å². The number of carboxylic acid groups (broad SMARTS) is 2. The molecule has 3 N–H and O–H groups in total. The summed E-state index contributed by atoms with van der Waals surface area (Å²) in [5, 5.41) is 22.3. The maximum Gasteiger partial charge on any atom is 0.332 e. The molecule has 27 heavy (non-hydrogen) atoms. The van der Waals surface area contributed by atoms with Crippen LogP contribution in [-0.2, 0) is 19.1 Å². The number of amides is 1. The third-order valence-electron chi connectivity index (χ3n) is 7.38. The summed E-state index contributed by atoms with van der Waals surface area (Å²) in [6, 6.07) is -0.513. The zero-order chi connectivity index (χ0) is 18.9. The molecule has 6 atom stereocenters. The standard InChI is InChI=1S/C19H22N2O6/c22-14-7-12-16-10-5-13-19(17(16)20-14,11(18(25)26)6-15(23)24)2-3-21(13)8-9(10)1-4-27-12/h1,6,10,12-13,16-17H,2-5,7-8H2,(H,20,22)(H,23,24)(H,25,26)/b11-6-/t10-,12+,13-,16?,17+,19-/m0/s1. The zero-order valence-corrected chi connectivity index (χ0v) is 14.8. The van der Waals surface area contributed by atoms with Gasteiger partial charge in [-0.15, -0.1) is 0 Å². The molecule has 144 valence electrons. The van der Waals surface area contributed by atoms with E-state index in [1.54, 1.807) is 0 Å². The Morgan fingerprint density at radius 2 is 2.19 bits per heavy atom. The van der Waals surface area contributed by atoms with E-state index in [0.29, 0.717) is 19.6 Å². The van der Waals surface area contributed by atoms with Crippen molar-refractivity contribution in [1.29, 1.82) is 0 Å². The summed E-state index contributed by atoms with van der Waals surface area (Å²) in [6.07, 6.45) is 4.29. The van der Waals surface area contributed by atoms with E-state index in [4.69, 9.17) is 4.74 Å². The number of hydrogen-bond acceptors (Lipinski definition) is 5. The van der Waals surface area contributed by atoms with E-state index in [-0.39, 0.29) is 41.9 Å². The van der Waals surface area contributed by atoms with Crippen molar-refractivity contribution < 1.29 is 29.3 Å². The Hall–Kier alpha value is -2.19. The average molecular weight is 374 g/mol. The van der Waals surface area contributed by atoms with Gasteiger partial charge in [0.05, 0.1) is 24.7 Å². The van der Waals surface area contributed by atoms with Gasteiger partial charge in [-0.1, -0.05) is 11.6 Å². The maximum absolute atomic E-state index is 12.5. The third-order valence-corrected chi connectivity index (χ3v) is 7.38. The van der Waals surface area contributed by atoms with Gasteiger partial charge in [-0.2, -0.15) is 0 Å². The first kappa shape index (κ1) is 16.9. The van der Waals surface area contributed by atoms with E-state index >= 15 is 0 Å². The van der Waals surface area contributed by atoms with Crippen molar-refractivity contribution in [2.24, 2.45) is 17.3 Å². The van der Waals surface area contributed by atoms with Crippen LogP contribution in [-0.4, -0.2) is 70.8 Å². The van der Waals surface area contributed by atoms with E-state index in [9.17, 15) is 24.6 Å². The molecule has 1 aliphatic carbocycles. The lowest BCUT2D eigenvalue weighted by atomic mass is 9.52. The first-order chi connectivity index (χ1) is 12.9. The van der Waals surface area contributed by atoms with Crippen molar-refractivity contribution in [3.05, 3.63) is 23.3 Å². The van der Waals surface area contributed by atoms with E-state index in [0.717, 1.165) is 19.0 Å². The van der Waals surface area contributed by atoms with Crippen molar-refractivity contribution in [1.82, 2.24) is 10.2 Å². The van der Waals surface area contributed by atoms with Crippen LogP contribution in [0.25, 0.3) is 0 Å². The highest BCUT2D eigenvalue weighted by atomic mass is 16.5. The molecule has 5 aliphatic rings. The smallest absolute Gasteiger partial charge is 0.332 e. The molecule has 0 spiro atoms. The normalized spacial score (nSPS) is 42.8. The molecule has 2 bridgehead atoms. The van der Waals surface area contributed by atoms with Crippen molar-refractivity contribution in [3.63, 3.8) is 0 Å². The number of rotatable bonds is 3. The SMILES string of the molecule is O=C(O)/C=C(/C(=O)O)[C@]12CCN3CC4=CCO[C@@H]5CC(=O)N[C@@H]1C5[C@H]4C[C@H]32. The fourth-order valence-electron chi connectivity index (χ4n) is 6.53. The number of hydrogen-bond donors (Lipinski definition) is 3. The Morgan fingerprint density at radius 1 is 1.37 bits per heavy atom. The molecule has 8 nitrogen and oxygen atoms in total. The van der Waals surface area contributed by atoms with Gasteiger partial charge in [0.2, 0.25) is 5.91 Å². The van der Waals surface area contributed by atoms with Gasteiger partial charge in [-0.05, 0) is 25.3 Å². The summed E-state index contributed by atoms with van der Waals surface area (Å²) in [6.45, 7) is 1.93. The van der Waals surface area contributed by atoms with Gasteiger partial charge in [0.15, 0.2) is 0 Å². The third kappa shape index (κ3) is 2.20. The minimum absolute atomic E-state index is 0.0236. The van der Waals surface area contributed by atoms with Crippen LogP contribution in [0.2, 0.25) is 0 Å². The van der Waals surface area contributed by atoms with Gasteiger partial charge in [-0.3, -0.25) is 9.69 Å². The number of nitrogens with one attached hydrogen (secondary N) is 1. The highest BCUT2D eigenvalue weighted by Crippen LogP contribution is 2.60. The fourth-order valence-corrected chi connectivity index (χ4v) is 6.53. The van der Waals surface area contributed by atoms with Crippen molar-refractivity contribution in [2.75, 3.05) is 19.7 Å². The number of aliphatic carboxylic acids is 2. The first-order valence-corrected chi connectivity index (χ1v) is 9.44. The molecule has 3 saturated heterocycles. The number of carbonyl (C=O) groups is 3. The Bertz CT molecular complexity index is 804. The summed E-state index contributed by atoms with van der Waals surface area (Å²) in [5.41, 5.74) is 0.317. The number of nitrogens with zero attached hydrogens (tertiary/aromatic N) is 1. The van der Waals surface area contributed by atoms with Gasteiger partial charge in [0, 0.05) is 36.0 Å². The van der Waals surface area contributed by atoms with Gasteiger partial charge >= 0.3 is 11.9 Å². The second-order valence-corrected chi connectivity index (χ2v) is 8.30. The Morgan fingerprint density at radius 3 is 2.93 bits per heavy atom. The highest BCUT2D eigenvalue weighted by molar-refractivity contribution is 5.96. The summed E-state index contributed by atoms with van der Waals surface area (Å²) in [7, 11) is 0. The number of fused-ring (bicyclic) bond motifs is 1. The van der Waals surface area contributed by atoms with Crippen LogP contribution < -0.4 is 5.32 Å². The van der Waals surface area contributed by atoms with Gasteiger partial charge < -0.3 is 20.3 Å². The molecule has 8 heteroatoms. The maximum atomic E-state index is 12.5. The lowest BCUT2D eigenvalue weighted by Crippen LogP contribution is -2.70. The molecule has 0 aromatic rings. The topological polar surface area (TPSA) is 116 Å². The quantitative estimate of drug-likeness (QED) is 0.470. The van der Waals surface area contributed by atoms with E-state index in [1.165, 1.54) is 5.57 Å². The molecular formula is C19H22N2O6. The lowest BCUT2D eigenvalue weighted by molar-refractivity contribution is -0.147. The second-order valence-electron chi connectivity index (χ2n) is 8.30. The van der Waals surface area contributed by atoms with E-state index in [2.05, 4.69) is 16.3 Å². The molecular weight excluding hydrogens is 352 g/mol. The summed E-state index contributed by atoms with van der Waals surface area (Å²) >= 11 is 0. The average Bonchev–Trinajstić information content (AvgIpc) is 2.90. The summed E-state index contributed by atoms with van der Waals surface area (Å²) in [4.78, 5) is 38.3. The molecule has 1 saturated carbocycles. The predicted octanol–water partition coefficient (Wildman–Crippen LogP) is 0.00610. The molecule has 4 aliphatic heterocycles. The van der Waals surface area contributed by atoms with Crippen LogP contribution >= 0.6 is 0 Å². The van der Waals surface area contributed by atoms with Gasteiger partial charge in [0.25, 0.3) is 0 Å². The number of ether oxygens (including phenoxy) is 1. The van der Waals surface area contributed by atoms with Crippen LogP contribution in [0.1, 0.15) is 19.3 Å². The van der Waals surface area contributed by atoms with Crippen LogP contribution in [0.4, 0.5) is 0 Å². The largest absolute Gasteiger partial charge is 0.478 e. The lowest BCUT2D eigenvalue weighted by Gasteiger charge is -2.59. The van der Waals surface area contributed by atoms with Crippen LogP contribution in [0, 0.1) is 17.3 Å². The molecule has 0 aromatic carbocycles. The molecule has 4 fully saturated rings. The molecule has 0 radical (unpaired) electrons. The Balaban J connectivity index is 1.72.